The van der Waals surface area contributed by atoms with Crippen LogP contribution in [0.25, 0.3) is 0 Å². The van der Waals surface area contributed by atoms with Crippen LogP contribution >= 0.6 is 11.8 Å². The maximum absolute atomic E-state index is 8.93. The topological polar surface area (TPSA) is 90.3 Å². The molecule has 2 atom stereocenters. The Kier molecular flexibility index (Phi) is 5.25. The molecular formula is C7H14N2O2S. The van der Waals surface area contributed by atoms with Crippen LogP contribution in [-0.2, 0) is 0 Å². The standard InChI is InChI=1S/C7H14N2O2S/c1-7(9,4-8)5-12-3-6(11)2-10/h6,10-11H,2-3,5,9H2,1H3. The van der Waals surface area contributed by atoms with E-state index in [0.29, 0.717) is 11.5 Å². The molecule has 4 N–H and O–H groups in total. The van der Waals surface area contributed by atoms with Gasteiger partial charge in [0.05, 0.1) is 18.8 Å². The Labute approximate surface area is 76.4 Å². The lowest BCUT2D eigenvalue weighted by molar-refractivity contribution is 0.113. The van der Waals surface area contributed by atoms with E-state index in [1.165, 1.54) is 11.8 Å². The number of nitrogens with two attached hydrogens (primary N) is 1. The van der Waals surface area contributed by atoms with E-state index in [9.17, 15) is 0 Å². The van der Waals surface area contributed by atoms with Crippen molar-refractivity contribution in [1.82, 2.24) is 0 Å². The Morgan fingerprint density at radius 1 is 1.75 bits per heavy atom. The van der Waals surface area contributed by atoms with Gasteiger partial charge in [-0.05, 0) is 6.92 Å². The summed E-state index contributed by atoms with van der Waals surface area (Å²) in [4.78, 5) is 0. The van der Waals surface area contributed by atoms with Crippen molar-refractivity contribution in [2.24, 2.45) is 5.73 Å². The molecule has 0 amide bonds. The molecule has 0 aromatic heterocycles. The first-order valence-electron chi connectivity index (χ1n) is 3.58. The quantitative estimate of drug-likeness (QED) is 0.534. The number of thioether (sulfide) groups is 1. The zero-order valence-corrected chi connectivity index (χ0v) is 7.84. The van der Waals surface area contributed by atoms with E-state index < -0.39 is 11.6 Å². The van der Waals surface area contributed by atoms with Gasteiger partial charge in [0.15, 0.2) is 0 Å². The molecule has 70 valence electrons. The van der Waals surface area contributed by atoms with Crippen LogP contribution in [0.3, 0.4) is 0 Å². The van der Waals surface area contributed by atoms with Gasteiger partial charge in [-0.3, -0.25) is 0 Å². The molecule has 0 bridgehead atoms. The molecule has 4 nitrogen and oxygen atoms in total. The van der Waals surface area contributed by atoms with Crippen molar-refractivity contribution in [3.63, 3.8) is 0 Å². The van der Waals surface area contributed by atoms with Gasteiger partial charge >= 0.3 is 0 Å². The Morgan fingerprint density at radius 2 is 2.33 bits per heavy atom. The predicted octanol–water partition coefficient (Wildman–Crippen LogP) is -0.686. The number of aliphatic hydroxyl groups is 2. The van der Waals surface area contributed by atoms with Crippen molar-refractivity contribution < 1.29 is 10.2 Å². The van der Waals surface area contributed by atoms with E-state index >= 15 is 0 Å². The largest absolute Gasteiger partial charge is 0.394 e. The smallest absolute Gasteiger partial charge is 0.110 e. The highest BCUT2D eigenvalue weighted by molar-refractivity contribution is 7.99. The molecular weight excluding hydrogens is 176 g/mol. The lowest BCUT2D eigenvalue weighted by Crippen LogP contribution is -2.37. The summed E-state index contributed by atoms with van der Waals surface area (Å²) in [6, 6.07) is 1.95. The first-order chi connectivity index (χ1) is 5.52. The minimum Gasteiger partial charge on any atom is -0.394 e. The maximum atomic E-state index is 8.93. The molecule has 12 heavy (non-hydrogen) atoms. The highest BCUT2D eigenvalue weighted by atomic mass is 32.2. The molecule has 0 saturated heterocycles. The van der Waals surface area contributed by atoms with Gasteiger partial charge in [-0.2, -0.15) is 17.0 Å². The summed E-state index contributed by atoms with van der Waals surface area (Å²) in [5.74, 6) is 0.867. The molecule has 0 aliphatic carbocycles. The van der Waals surface area contributed by atoms with Gasteiger partial charge in [0.1, 0.15) is 5.54 Å². The number of hydrogen-bond acceptors (Lipinski definition) is 5. The highest BCUT2D eigenvalue weighted by Crippen LogP contribution is 2.10. The van der Waals surface area contributed by atoms with E-state index in [2.05, 4.69) is 0 Å². The first kappa shape index (κ1) is 11.7. The van der Waals surface area contributed by atoms with Gasteiger partial charge in [0, 0.05) is 11.5 Å². The van der Waals surface area contributed by atoms with Gasteiger partial charge in [-0.25, -0.2) is 0 Å². The van der Waals surface area contributed by atoms with Crippen LogP contribution in [0.15, 0.2) is 0 Å². The second-order valence-corrected chi connectivity index (χ2v) is 3.91. The molecule has 0 aromatic rings. The normalized spacial score (nSPS) is 17.9. The second kappa shape index (κ2) is 5.38. The zero-order chi connectivity index (χ0) is 9.61. The van der Waals surface area contributed by atoms with E-state index in [1.807, 2.05) is 6.07 Å². The van der Waals surface area contributed by atoms with Crippen LogP contribution in [0.2, 0.25) is 0 Å². The van der Waals surface area contributed by atoms with Crippen molar-refractivity contribution in [1.29, 1.82) is 5.26 Å². The maximum Gasteiger partial charge on any atom is 0.110 e. The van der Waals surface area contributed by atoms with E-state index in [1.54, 1.807) is 6.92 Å². The van der Waals surface area contributed by atoms with Gasteiger partial charge in [-0.1, -0.05) is 0 Å². The van der Waals surface area contributed by atoms with Crippen molar-refractivity contribution in [2.45, 2.75) is 18.6 Å². The summed E-state index contributed by atoms with van der Waals surface area (Å²) in [5.41, 5.74) is 4.67. The average Bonchev–Trinajstić information content (AvgIpc) is 2.04. The number of aliphatic hydroxyl groups excluding tert-OH is 2. The summed E-state index contributed by atoms with van der Waals surface area (Å²) >= 11 is 1.36. The molecule has 0 aliphatic rings. The van der Waals surface area contributed by atoms with E-state index in [4.69, 9.17) is 21.2 Å². The molecule has 0 spiro atoms. The number of nitriles is 1. The van der Waals surface area contributed by atoms with Crippen LogP contribution in [-0.4, -0.2) is 40.0 Å². The summed E-state index contributed by atoms with van der Waals surface area (Å²) in [6.07, 6.45) is -0.718. The van der Waals surface area contributed by atoms with Crippen LogP contribution < -0.4 is 5.73 Å². The fourth-order valence-electron chi connectivity index (χ4n) is 0.492. The molecule has 5 heteroatoms. The Bertz CT molecular complexity index is 167. The summed E-state index contributed by atoms with van der Waals surface area (Å²) in [6.45, 7) is 1.38. The molecule has 0 rings (SSSR count). The third-order valence-electron chi connectivity index (χ3n) is 1.18. The SMILES string of the molecule is CC(N)(C#N)CSCC(O)CO. The lowest BCUT2D eigenvalue weighted by Gasteiger charge is -2.15. The van der Waals surface area contributed by atoms with Crippen LogP contribution in [0, 0.1) is 11.3 Å². The van der Waals surface area contributed by atoms with Crippen molar-refractivity contribution in [3.8, 4) is 6.07 Å². The minimum atomic E-state index is -0.847. The highest BCUT2D eigenvalue weighted by Gasteiger charge is 2.17. The minimum absolute atomic E-state index is 0.249. The van der Waals surface area contributed by atoms with Gasteiger partial charge in [0.25, 0.3) is 0 Å². The fourth-order valence-corrected chi connectivity index (χ4v) is 1.48. The monoisotopic (exact) mass is 190 g/mol. The Balaban J connectivity index is 3.51. The Hall–Kier alpha value is -0.280. The van der Waals surface area contributed by atoms with Gasteiger partial charge < -0.3 is 15.9 Å². The van der Waals surface area contributed by atoms with Crippen LogP contribution in [0.1, 0.15) is 6.92 Å². The zero-order valence-electron chi connectivity index (χ0n) is 7.03. The summed E-state index contributed by atoms with van der Waals surface area (Å²) < 4.78 is 0. The third kappa shape index (κ3) is 5.38. The molecule has 0 aromatic carbocycles. The van der Waals surface area contributed by atoms with Gasteiger partial charge in [-0.15, -0.1) is 0 Å². The Morgan fingerprint density at radius 3 is 2.75 bits per heavy atom. The summed E-state index contributed by atoms with van der Waals surface area (Å²) in [7, 11) is 0. The van der Waals surface area contributed by atoms with Crippen LogP contribution in [0.5, 0.6) is 0 Å². The number of nitrogens with zero attached hydrogens (tertiary/aromatic N) is 1. The molecule has 0 fully saturated rings. The van der Waals surface area contributed by atoms with Crippen molar-refractivity contribution >= 4 is 11.8 Å². The van der Waals surface area contributed by atoms with Crippen molar-refractivity contribution in [3.05, 3.63) is 0 Å². The molecule has 0 heterocycles. The summed E-state index contributed by atoms with van der Waals surface area (Å²) in [5, 5.41) is 25.9. The van der Waals surface area contributed by atoms with E-state index in [-0.39, 0.29) is 6.61 Å². The van der Waals surface area contributed by atoms with Gasteiger partial charge in [0.2, 0.25) is 0 Å². The third-order valence-corrected chi connectivity index (χ3v) is 2.60. The fraction of sp³-hybridized carbons (Fsp3) is 0.857. The molecule has 0 aliphatic heterocycles. The van der Waals surface area contributed by atoms with Crippen molar-refractivity contribution in [2.75, 3.05) is 18.1 Å². The number of rotatable bonds is 5. The predicted molar refractivity (Wildman–Crippen MR) is 48.6 cm³/mol. The first-order valence-corrected chi connectivity index (χ1v) is 4.74. The second-order valence-electron chi connectivity index (χ2n) is 2.88. The van der Waals surface area contributed by atoms with Crippen LogP contribution in [0.4, 0.5) is 0 Å². The van der Waals surface area contributed by atoms with E-state index in [0.717, 1.165) is 0 Å². The molecule has 0 saturated carbocycles. The lowest BCUT2D eigenvalue weighted by atomic mass is 10.1. The molecule has 2 unspecified atom stereocenters. The molecule has 0 radical (unpaired) electrons. The number of hydrogen-bond donors (Lipinski definition) is 3. The average molecular weight is 190 g/mol.